The predicted octanol–water partition coefficient (Wildman–Crippen LogP) is 5.39. The molecule has 3 rings (SSSR count). The van der Waals surface area contributed by atoms with Crippen LogP contribution in [-0.4, -0.2) is 4.98 Å². The molecule has 0 amide bonds. The van der Waals surface area contributed by atoms with E-state index in [0.29, 0.717) is 0 Å². The van der Waals surface area contributed by atoms with Gasteiger partial charge in [0.1, 0.15) is 0 Å². The molecule has 1 unspecified atom stereocenters. The summed E-state index contributed by atoms with van der Waals surface area (Å²) in [6, 6.07) is 9.00. The van der Waals surface area contributed by atoms with Crippen molar-refractivity contribution < 1.29 is 0 Å². The van der Waals surface area contributed by atoms with Crippen LogP contribution >= 0.6 is 11.3 Å². The minimum Gasteiger partial charge on any atom is -0.378 e. The van der Waals surface area contributed by atoms with Gasteiger partial charge in [-0.1, -0.05) is 17.7 Å². The standard InChI is InChI=1S/C18H20N2S/c1-11-7-12(2)18(13(3)8-11)20-14(4)15-9-17-16(19-10-15)5-6-21-17/h5-10,14,20H,1-4H3. The van der Waals surface area contributed by atoms with E-state index in [2.05, 4.69) is 67.6 Å². The zero-order valence-electron chi connectivity index (χ0n) is 12.9. The third-order valence-electron chi connectivity index (χ3n) is 3.86. The van der Waals surface area contributed by atoms with Crippen LogP contribution in [0.15, 0.2) is 35.8 Å². The van der Waals surface area contributed by atoms with E-state index in [0.717, 1.165) is 5.52 Å². The number of pyridine rings is 1. The quantitative estimate of drug-likeness (QED) is 0.700. The number of thiophene rings is 1. The van der Waals surface area contributed by atoms with E-state index < -0.39 is 0 Å². The molecule has 0 radical (unpaired) electrons. The smallest absolute Gasteiger partial charge is 0.0809 e. The van der Waals surface area contributed by atoms with Crippen LogP contribution in [0.3, 0.4) is 0 Å². The molecule has 1 N–H and O–H groups in total. The van der Waals surface area contributed by atoms with Gasteiger partial charge >= 0.3 is 0 Å². The molecule has 2 aromatic heterocycles. The summed E-state index contributed by atoms with van der Waals surface area (Å²) in [6.07, 6.45) is 1.98. The Kier molecular flexibility index (Phi) is 3.68. The highest BCUT2D eigenvalue weighted by atomic mass is 32.1. The molecule has 2 heterocycles. The molecular formula is C18H20N2S. The normalized spacial score (nSPS) is 12.6. The molecule has 0 fully saturated rings. The fraction of sp³-hybridized carbons (Fsp3) is 0.278. The van der Waals surface area contributed by atoms with Crippen LogP contribution in [0.25, 0.3) is 10.2 Å². The summed E-state index contributed by atoms with van der Waals surface area (Å²) >= 11 is 1.74. The lowest BCUT2D eigenvalue weighted by molar-refractivity contribution is 0.875. The van der Waals surface area contributed by atoms with Gasteiger partial charge in [-0.05, 0) is 61.9 Å². The molecule has 1 atom stereocenters. The first-order valence-electron chi connectivity index (χ1n) is 7.22. The maximum absolute atomic E-state index is 4.53. The van der Waals surface area contributed by atoms with Crippen molar-refractivity contribution in [1.29, 1.82) is 0 Å². The average Bonchev–Trinajstić information content (AvgIpc) is 2.89. The number of nitrogens with zero attached hydrogens (tertiary/aromatic N) is 1. The van der Waals surface area contributed by atoms with E-state index in [4.69, 9.17) is 0 Å². The highest BCUT2D eigenvalue weighted by molar-refractivity contribution is 7.17. The second kappa shape index (κ2) is 5.49. The van der Waals surface area contributed by atoms with E-state index in [1.54, 1.807) is 11.3 Å². The number of aryl methyl sites for hydroxylation is 3. The monoisotopic (exact) mass is 296 g/mol. The summed E-state index contributed by atoms with van der Waals surface area (Å²) in [5.41, 5.74) is 7.45. The lowest BCUT2D eigenvalue weighted by Crippen LogP contribution is -2.09. The van der Waals surface area contributed by atoms with Gasteiger partial charge in [0.05, 0.1) is 16.3 Å². The molecule has 3 aromatic rings. The first kappa shape index (κ1) is 14.1. The highest BCUT2D eigenvalue weighted by Gasteiger charge is 2.11. The Morgan fingerprint density at radius 1 is 1.10 bits per heavy atom. The fourth-order valence-corrected chi connectivity index (χ4v) is 3.60. The summed E-state index contributed by atoms with van der Waals surface area (Å²) in [5.74, 6) is 0. The number of hydrogen-bond donors (Lipinski definition) is 1. The highest BCUT2D eigenvalue weighted by Crippen LogP contribution is 2.28. The number of rotatable bonds is 3. The Hall–Kier alpha value is -1.87. The lowest BCUT2D eigenvalue weighted by atomic mass is 10.0. The summed E-state index contributed by atoms with van der Waals surface area (Å²) in [7, 11) is 0. The predicted molar refractivity (Wildman–Crippen MR) is 92.3 cm³/mol. The molecule has 0 aliphatic carbocycles. The van der Waals surface area contributed by atoms with Crippen molar-refractivity contribution in [3.63, 3.8) is 0 Å². The van der Waals surface area contributed by atoms with Gasteiger partial charge in [-0.15, -0.1) is 11.3 Å². The first-order valence-corrected chi connectivity index (χ1v) is 8.10. The molecule has 0 aliphatic rings. The first-order chi connectivity index (χ1) is 10.0. The maximum atomic E-state index is 4.53. The third kappa shape index (κ3) is 2.79. The van der Waals surface area contributed by atoms with Crippen molar-refractivity contribution in [3.05, 3.63) is 58.1 Å². The summed E-state index contributed by atoms with van der Waals surface area (Å²) < 4.78 is 1.25. The van der Waals surface area contributed by atoms with Crippen molar-refractivity contribution in [3.8, 4) is 0 Å². The molecular weight excluding hydrogens is 276 g/mol. The van der Waals surface area contributed by atoms with Gasteiger partial charge in [-0.3, -0.25) is 4.98 Å². The molecule has 0 saturated heterocycles. The zero-order chi connectivity index (χ0) is 15.0. The topological polar surface area (TPSA) is 24.9 Å². The minimum atomic E-state index is 0.240. The number of aromatic nitrogens is 1. The van der Waals surface area contributed by atoms with Gasteiger partial charge < -0.3 is 5.32 Å². The number of nitrogens with one attached hydrogen (secondary N) is 1. The molecule has 1 aromatic carbocycles. The van der Waals surface area contributed by atoms with Gasteiger partial charge in [0, 0.05) is 11.9 Å². The van der Waals surface area contributed by atoms with Gasteiger partial charge in [-0.2, -0.15) is 0 Å². The van der Waals surface area contributed by atoms with Crippen molar-refractivity contribution >= 4 is 27.2 Å². The third-order valence-corrected chi connectivity index (χ3v) is 4.71. The number of hydrogen-bond acceptors (Lipinski definition) is 3. The summed E-state index contributed by atoms with van der Waals surface area (Å²) in [5, 5.41) is 5.73. The molecule has 3 heteroatoms. The Labute approximate surface area is 129 Å². The van der Waals surface area contributed by atoms with Gasteiger partial charge in [0.2, 0.25) is 0 Å². The van der Waals surface area contributed by atoms with E-state index in [1.165, 1.54) is 32.6 Å². The second-order valence-corrected chi connectivity index (χ2v) is 6.66. The van der Waals surface area contributed by atoms with Crippen LogP contribution in [0, 0.1) is 20.8 Å². The SMILES string of the molecule is Cc1cc(C)c(NC(C)c2cnc3ccsc3c2)c(C)c1. The lowest BCUT2D eigenvalue weighted by Gasteiger charge is -2.20. The molecule has 0 bridgehead atoms. The van der Waals surface area contributed by atoms with Crippen LogP contribution in [0.5, 0.6) is 0 Å². The molecule has 108 valence electrons. The zero-order valence-corrected chi connectivity index (χ0v) is 13.7. The van der Waals surface area contributed by atoms with Gasteiger partial charge in [0.15, 0.2) is 0 Å². The molecule has 0 saturated carbocycles. The van der Waals surface area contributed by atoms with Crippen LogP contribution in [0.2, 0.25) is 0 Å². The Balaban J connectivity index is 1.90. The van der Waals surface area contributed by atoms with Crippen LogP contribution < -0.4 is 5.32 Å². The fourth-order valence-electron chi connectivity index (χ4n) is 2.81. The van der Waals surface area contributed by atoms with Crippen molar-refractivity contribution in [2.45, 2.75) is 33.7 Å². The molecule has 0 aliphatic heterocycles. The van der Waals surface area contributed by atoms with Crippen LogP contribution in [0.4, 0.5) is 5.69 Å². The number of fused-ring (bicyclic) bond motifs is 1. The van der Waals surface area contributed by atoms with Gasteiger partial charge in [-0.25, -0.2) is 0 Å². The molecule has 0 spiro atoms. The average molecular weight is 296 g/mol. The van der Waals surface area contributed by atoms with E-state index in [1.807, 2.05) is 6.20 Å². The van der Waals surface area contributed by atoms with E-state index in [-0.39, 0.29) is 6.04 Å². The number of benzene rings is 1. The summed E-state index contributed by atoms with van der Waals surface area (Å²) in [4.78, 5) is 4.53. The maximum Gasteiger partial charge on any atom is 0.0809 e. The minimum absolute atomic E-state index is 0.240. The number of anilines is 1. The van der Waals surface area contributed by atoms with Gasteiger partial charge in [0.25, 0.3) is 0 Å². The van der Waals surface area contributed by atoms with Crippen molar-refractivity contribution in [2.24, 2.45) is 0 Å². The van der Waals surface area contributed by atoms with Crippen molar-refractivity contribution in [2.75, 3.05) is 5.32 Å². The van der Waals surface area contributed by atoms with E-state index >= 15 is 0 Å². The Morgan fingerprint density at radius 3 is 2.52 bits per heavy atom. The second-order valence-electron chi connectivity index (χ2n) is 5.71. The molecule has 21 heavy (non-hydrogen) atoms. The summed E-state index contributed by atoms with van der Waals surface area (Å²) in [6.45, 7) is 8.66. The van der Waals surface area contributed by atoms with Crippen molar-refractivity contribution in [1.82, 2.24) is 4.98 Å². The Bertz CT molecular complexity index is 766. The van der Waals surface area contributed by atoms with E-state index in [9.17, 15) is 0 Å². The largest absolute Gasteiger partial charge is 0.378 e. The Morgan fingerprint density at radius 2 is 1.81 bits per heavy atom. The van der Waals surface area contributed by atoms with Crippen LogP contribution in [-0.2, 0) is 0 Å². The molecule has 2 nitrogen and oxygen atoms in total. The van der Waals surface area contributed by atoms with Crippen LogP contribution in [0.1, 0.15) is 35.2 Å².